The lowest BCUT2D eigenvalue weighted by molar-refractivity contribution is -0.404. The van der Waals surface area contributed by atoms with E-state index >= 15 is 0 Å². The zero-order valence-corrected chi connectivity index (χ0v) is 8.85. The summed E-state index contributed by atoms with van der Waals surface area (Å²) in [5.41, 5.74) is 5.98. The summed E-state index contributed by atoms with van der Waals surface area (Å²) in [5.74, 6) is 0.284. The zero-order chi connectivity index (χ0) is 11.1. The molecule has 6 nitrogen and oxygen atoms in total. The maximum atomic E-state index is 10.3. The molecule has 0 atom stereocenters. The van der Waals surface area contributed by atoms with Gasteiger partial charge in [0.25, 0.3) is 6.20 Å². The van der Waals surface area contributed by atoms with Crippen molar-refractivity contribution in [2.24, 2.45) is 11.1 Å². The molecule has 0 amide bonds. The Labute approximate surface area is 88.5 Å². The monoisotopic (exact) mass is 212 g/mol. The average molecular weight is 212 g/mol. The molecule has 2 fully saturated rings. The van der Waals surface area contributed by atoms with Crippen molar-refractivity contribution in [2.45, 2.75) is 6.42 Å². The van der Waals surface area contributed by atoms with Gasteiger partial charge in [0, 0.05) is 31.6 Å². The van der Waals surface area contributed by atoms with Crippen LogP contribution in [0, 0.1) is 15.5 Å². The van der Waals surface area contributed by atoms with Crippen molar-refractivity contribution in [3.05, 3.63) is 22.1 Å². The van der Waals surface area contributed by atoms with Crippen LogP contribution in [-0.2, 0) is 0 Å². The molecule has 2 heterocycles. The molecule has 2 saturated heterocycles. The first-order valence-electron chi connectivity index (χ1n) is 5.05. The number of hydrogen-bond donors (Lipinski definition) is 1. The lowest BCUT2D eigenvalue weighted by atomic mass is 9.79. The Morgan fingerprint density at radius 2 is 2.20 bits per heavy atom. The number of nitro groups is 1. The van der Waals surface area contributed by atoms with Gasteiger partial charge in [-0.15, -0.1) is 0 Å². The van der Waals surface area contributed by atoms with Gasteiger partial charge in [0.1, 0.15) is 0 Å². The fourth-order valence-corrected chi connectivity index (χ4v) is 2.70. The fourth-order valence-electron chi connectivity index (χ4n) is 2.70. The van der Waals surface area contributed by atoms with E-state index in [9.17, 15) is 10.1 Å². The van der Waals surface area contributed by atoms with Crippen LogP contribution in [-0.4, -0.2) is 47.9 Å². The Balaban J connectivity index is 1.96. The molecular weight excluding hydrogens is 196 g/mol. The normalized spacial score (nSPS) is 25.7. The van der Waals surface area contributed by atoms with Crippen LogP contribution in [0.4, 0.5) is 0 Å². The standard InChI is InChI=1S/C9H16N4O2/c1-11-5-9(6-11)2-3-12(7-9)8(10)4-13(14)15/h4H,2-3,5-7,10H2,1H3/b8-4-. The quantitative estimate of drug-likeness (QED) is 0.500. The Hall–Kier alpha value is -1.30. The van der Waals surface area contributed by atoms with Gasteiger partial charge >= 0.3 is 0 Å². The molecule has 0 unspecified atom stereocenters. The predicted octanol–water partition coefficient (Wildman–Crippen LogP) is -0.342. The minimum atomic E-state index is -0.493. The summed E-state index contributed by atoms with van der Waals surface area (Å²) in [6, 6.07) is 0. The summed E-state index contributed by atoms with van der Waals surface area (Å²) in [7, 11) is 2.09. The second-order valence-corrected chi connectivity index (χ2v) is 4.68. The van der Waals surface area contributed by atoms with Crippen molar-refractivity contribution in [1.29, 1.82) is 0 Å². The van der Waals surface area contributed by atoms with Crippen LogP contribution in [0.1, 0.15) is 6.42 Å². The van der Waals surface area contributed by atoms with Crippen molar-refractivity contribution in [2.75, 3.05) is 33.2 Å². The van der Waals surface area contributed by atoms with Crippen LogP contribution in [0.2, 0.25) is 0 Å². The van der Waals surface area contributed by atoms with E-state index in [0.29, 0.717) is 5.41 Å². The predicted molar refractivity (Wildman–Crippen MR) is 55.4 cm³/mol. The molecule has 2 rings (SSSR count). The summed E-state index contributed by atoms with van der Waals surface area (Å²) in [6.45, 7) is 3.85. The molecule has 0 aromatic carbocycles. The molecule has 2 aliphatic rings. The first kappa shape index (κ1) is 10.2. The van der Waals surface area contributed by atoms with Gasteiger partial charge in [-0.1, -0.05) is 0 Å². The molecule has 0 aromatic rings. The van der Waals surface area contributed by atoms with Crippen LogP contribution in [0.5, 0.6) is 0 Å². The van der Waals surface area contributed by atoms with Gasteiger partial charge in [0.05, 0.1) is 4.92 Å². The van der Waals surface area contributed by atoms with E-state index in [1.807, 2.05) is 4.90 Å². The van der Waals surface area contributed by atoms with E-state index in [0.717, 1.165) is 38.8 Å². The van der Waals surface area contributed by atoms with Crippen LogP contribution in [0.15, 0.2) is 12.0 Å². The molecule has 2 N–H and O–H groups in total. The number of rotatable bonds is 2. The molecule has 0 saturated carbocycles. The molecule has 6 heteroatoms. The maximum absolute atomic E-state index is 10.3. The van der Waals surface area contributed by atoms with Crippen molar-refractivity contribution >= 4 is 0 Å². The van der Waals surface area contributed by atoms with Crippen molar-refractivity contribution in [1.82, 2.24) is 9.80 Å². The first-order valence-corrected chi connectivity index (χ1v) is 5.05. The van der Waals surface area contributed by atoms with E-state index in [1.165, 1.54) is 0 Å². The van der Waals surface area contributed by atoms with E-state index < -0.39 is 4.92 Å². The van der Waals surface area contributed by atoms with Gasteiger partial charge in [-0.3, -0.25) is 10.1 Å². The van der Waals surface area contributed by atoms with Gasteiger partial charge in [0.2, 0.25) is 0 Å². The Morgan fingerprint density at radius 1 is 1.53 bits per heavy atom. The summed E-state index contributed by atoms with van der Waals surface area (Å²) < 4.78 is 0. The van der Waals surface area contributed by atoms with E-state index in [4.69, 9.17) is 5.73 Å². The third-order valence-electron chi connectivity index (χ3n) is 3.25. The van der Waals surface area contributed by atoms with Crippen molar-refractivity contribution in [3.63, 3.8) is 0 Å². The van der Waals surface area contributed by atoms with Crippen LogP contribution >= 0.6 is 0 Å². The lowest BCUT2D eigenvalue weighted by Crippen LogP contribution is -2.55. The van der Waals surface area contributed by atoms with E-state index in [-0.39, 0.29) is 5.82 Å². The first-order chi connectivity index (χ1) is 7.01. The molecular formula is C9H16N4O2. The summed E-state index contributed by atoms with van der Waals surface area (Å²) in [5, 5.41) is 10.3. The fraction of sp³-hybridized carbons (Fsp3) is 0.778. The molecule has 1 spiro atoms. The van der Waals surface area contributed by atoms with Crippen LogP contribution in [0.25, 0.3) is 0 Å². The van der Waals surface area contributed by atoms with Gasteiger partial charge in [0.15, 0.2) is 5.82 Å². The smallest absolute Gasteiger partial charge is 0.274 e. The van der Waals surface area contributed by atoms with Gasteiger partial charge in [-0.2, -0.15) is 0 Å². The summed E-state index contributed by atoms with van der Waals surface area (Å²) >= 11 is 0. The van der Waals surface area contributed by atoms with E-state index in [2.05, 4.69) is 11.9 Å². The highest BCUT2D eigenvalue weighted by molar-refractivity contribution is 5.05. The Morgan fingerprint density at radius 3 is 2.73 bits per heavy atom. The minimum Gasteiger partial charge on any atom is -0.380 e. The van der Waals surface area contributed by atoms with Gasteiger partial charge in [-0.25, -0.2) is 0 Å². The largest absolute Gasteiger partial charge is 0.380 e. The second-order valence-electron chi connectivity index (χ2n) is 4.68. The van der Waals surface area contributed by atoms with Crippen LogP contribution in [0.3, 0.4) is 0 Å². The second kappa shape index (κ2) is 3.37. The third-order valence-corrected chi connectivity index (χ3v) is 3.25. The molecule has 2 aliphatic heterocycles. The van der Waals surface area contributed by atoms with Gasteiger partial charge in [-0.05, 0) is 13.5 Å². The molecule has 0 aromatic heterocycles. The molecule has 15 heavy (non-hydrogen) atoms. The SMILES string of the molecule is CN1CC2(CCN(/C(N)=C\[N+](=O)[O-])C2)C1. The highest BCUT2D eigenvalue weighted by Crippen LogP contribution is 2.39. The highest BCUT2D eigenvalue weighted by atomic mass is 16.6. The lowest BCUT2D eigenvalue weighted by Gasteiger charge is -2.46. The van der Waals surface area contributed by atoms with Crippen molar-refractivity contribution < 1.29 is 4.92 Å². The number of nitrogens with zero attached hydrogens (tertiary/aromatic N) is 3. The molecule has 0 bridgehead atoms. The number of nitrogens with two attached hydrogens (primary N) is 1. The Bertz CT molecular complexity index is 309. The maximum Gasteiger partial charge on any atom is 0.274 e. The summed E-state index contributed by atoms with van der Waals surface area (Å²) in [6.07, 6.45) is 1.98. The molecule has 0 radical (unpaired) electrons. The van der Waals surface area contributed by atoms with E-state index in [1.54, 1.807) is 0 Å². The Kier molecular flexibility index (Phi) is 2.30. The zero-order valence-electron chi connectivity index (χ0n) is 8.85. The minimum absolute atomic E-state index is 0.284. The number of likely N-dealkylation sites (tertiary alicyclic amines) is 2. The van der Waals surface area contributed by atoms with Crippen molar-refractivity contribution in [3.8, 4) is 0 Å². The third kappa shape index (κ3) is 1.90. The molecule has 0 aliphatic carbocycles. The average Bonchev–Trinajstić information content (AvgIpc) is 2.47. The number of hydrogen-bond acceptors (Lipinski definition) is 5. The topological polar surface area (TPSA) is 75.6 Å². The molecule has 84 valence electrons. The van der Waals surface area contributed by atoms with Gasteiger partial charge < -0.3 is 15.5 Å². The summed E-state index contributed by atoms with van der Waals surface area (Å²) in [4.78, 5) is 14.0. The highest BCUT2D eigenvalue weighted by Gasteiger charge is 2.46. The van der Waals surface area contributed by atoms with Crippen LogP contribution < -0.4 is 5.73 Å².